The summed E-state index contributed by atoms with van der Waals surface area (Å²) >= 11 is 0. The number of aliphatic hydroxyl groups is 1. The lowest BCUT2D eigenvalue weighted by molar-refractivity contribution is -0.384. The van der Waals surface area contributed by atoms with E-state index in [2.05, 4.69) is 5.32 Å². The van der Waals surface area contributed by atoms with Crippen LogP contribution in [-0.2, 0) is 0 Å². The standard InChI is InChI=1S/C12H17N3O4/c1-8(7-16)13-12(17)10-6-9(15(18)19)4-5-11(10)14(2)3/h4-6,8,16H,7H2,1-3H3,(H,13,17). The van der Waals surface area contributed by atoms with Crippen LogP contribution < -0.4 is 10.2 Å². The predicted octanol–water partition coefficient (Wildman–Crippen LogP) is 0.771. The van der Waals surface area contributed by atoms with E-state index in [0.29, 0.717) is 5.69 Å². The number of carbonyl (C=O) groups is 1. The minimum atomic E-state index is -0.550. The summed E-state index contributed by atoms with van der Waals surface area (Å²) in [7, 11) is 3.49. The van der Waals surface area contributed by atoms with Crippen LogP contribution in [0.25, 0.3) is 0 Å². The number of nitro groups is 1. The van der Waals surface area contributed by atoms with Gasteiger partial charge in [-0.05, 0) is 13.0 Å². The zero-order chi connectivity index (χ0) is 14.6. The first-order chi connectivity index (χ1) is 8.86. The molecule has 1 aromatic rings. The first kappa shape index (κ1) is 14.9. The fourth-order valence-corrected chi connectivity index (χ4v) is 1.56. The Morgan fingerprint density at radius 2 is 2.16 bits per heavy atom. The van der Waals surface area contributed by atoms with Gasteiger partial charge in [-0.1, -0.05) is 0 Å². The topological polar surface area (TPSA) is 95.7 Å². The Balaban J connectivity index is 3.17. The fourth-order valence-electron chi connectivity index (χ4n) is 1.56. The maximum absolute atomic E-state index is 12.0. The van der Waals surface area contributed by atoms with Crippen molar-refractivity contribution in [3.05, 3.63) is 33.9 Å². The highest BCUT2D eigenvalue weighted by Crippen LogP contribution is 2.24. The van der Waals surface area contributed by atoms with Crippen LogP contribution in [-0.4, -0.2) is 42.7 Å². The van der Waals surface area contributed by atoms with Gasteiger partial charge in [0.2, 0.25) is 0 Å². The van der Waals surface area contributed by atoms with Gasteiger partial charge in [0.1, 0.15) is 0 Å². The summed E-state index contributed by atoms with van der Waals surface area (Å²) < 4.78 is 0. The van der Waals surface area contributed by atoms with Gasteiger partial charge < -0.3 is 15.3 Å². The summed E-state index contributed by atoms with van der Waals surface area (Å²) in [6.45, 7) is 1.45. The molecule has 0 saturated heterocycles. The molecule has 104 valence electrons. The van der Waals surface area contributed by atoms with Crippen molar-refractivity contribution in [2.45, 2.75) is 13.0 Å². The molecule has 0 radical (unpaired) electrons. The molecule has 1 rings (SSSR count). The number of hydrogen-bond donors (Lipinski definition) is 2. The Kier molecular flexibility index (Phi) is 4.82. The predicted molar refractivity (Wildman–Crippen MR) is 71.4 cm³/mol. The number of anilines is 1. The van der Waals surface area contributed by atoms with E-state index in [0.717, 1.165) is 0 Å². The van der Waals surface area contributed by atoms with E-state index in [-0.39, 0.29) is 17.9 Å². The normalized spacial score (nSPS) is 11.8. The molecule has 0 fully saturated rings. The lowest BCUT2D eigenvalue weighted by Crippen LogP contribution is -2.35. The summed E-state index contributed by atoms with van der Waals surface area (Å²) in [5, 5.41) is 22.2. The van der Waals surface area contributed by atoms with Crippen LogP contribution in [0.3, 0.4) is 0 Å². The lowest BCUT2D eigenvalue weighted by Gasteiger charge is -2.18. The SMILES string of the molecule is CC(CO)NC(=O)c1cc([N+](=O)[O-])ccc1N(C)C. The van der Waals surface area contributed by atoms with Gasteiger partial charge in [-0.15, -0.1) is 0 Å². The highest BCUT2D eigenvalue weighted by Gasteiger charge is 2.18. The van der Waals surface area contributed by atoms with Gasteiger partial charge in [0.25, 0.3) is 11.6 Å². The van der Waals surface area contributed by atoms with Crippen molar-refractivity contribution >= 4 is 17.3 Å². The first-order valence-corrected chi connectivity index (χ1v) is 5.74. The van der Waals surface area contributed by atoms with Gasteiger partial charge in [-0.3, -0.25) is 14.9 Å². The molecule has 1 amide bonds. The van der Waals surface area contributed by atoms with Crippen molar-refractivity contribution in [2.75, 3.05) is 25.6 Å². The molecule has 2 N–H and O–H groups in total. The van der Waals surface area contributed by atoms with Crippen LogP contribution in [0.15, 0.2) is 18.2 Å². The van der Waals surface area contributed by atoms with Crippen molar-refractivity contribution in [3.63, 3.8) is 0 Å². The quantitative estimate of drug-likeness (QED) is 0.607. The Hall–Kier alpha value is -2.15. The number of non-ortho nitro benzene ring substituents is 1. The lowest BCUT2D eigenvalue weighted by atomic mass is 10.1. The summed E-state index contributed by atoms with van der Waals surface area (Å²) in [6, 6.07) is 3.69. The average molecular weight is 267 g/mol. The van der Waals surface area contributed by atoms with Crippen LogP contribution in [0.2, 0.25) is 0 Å². The van der Waals surface area contributed by atoms with E-state index in [1.54, 1.807) is 25.9 Å². The van der Waals surface area contributed by atoms with Gasteiger partial charge >= 0.3 is 0 Å². The van der Waals surface area contributed by atoms with Crippen LogP contribution in [0.4, 0.5) is 11.4 Å². The zero-order valence-electron chi connectivity index (χ0n) is 11.1. The molecule has 19 heavy (non-hydrogen) atoms. The van der Waals surface area contributed by atoms with Crippen molar-refractivity contribution in [1.29, 1.82) is 0 Å². The average Bonchev–Trinajstić information content (AvgIpc) is 2.37. The first-order valence-electron chi connectivity index (χ1n) is 5.74. The second kappa shape index (κ2) is 6.14. The van der Waals surface area contributed by atoms with E-state index in [1.807, 2.05) is 0 Å². The van der Waals surface area contributed by atoms with Crippen molar-refractivity contribution in [2.24, 2.45) is 0 Å². The molecule has 1 atom stereocenters. The van der Waals surface area contributed by atoms with Crippen LogP contribution >= 0.6 is 0 Å². The molecule has 7 heteroatoms. The highest BCUT2D eigenvalue weighted by atomic mass is 16.6. The van der Waals surface area contributed by atoms with E-state index in [1.165, 1.54) is 18.2 Å². The van der Waals surface area contributed by atoms with Crippen molar-refractivity contribution in [1.82, 2.24) is 5.32 Å². The van der Waals surface area contributed by atoms with Gasteiger partial charge in [0, 0.05) is 38.0 Å². The number of aliphatic hydroxyl groups excluding tert-OH is 1. The smallest absolute Gasteiger partial charge is 0.270 e. The number of nitrogens with one attached hydrogen (secondary N) is 1. The van der Waals surface area contributed by atoms with Gasteiger partial charge in [-0.2, -0.15) is 0 Å². The van der Waals surface area contributed by atoms with Crippen LogP contribution in [0.5, 0.6) is 0 Å². The monoisotopic (exact) mass is 267 g/mol. The van der Waals surface area contributed by atoms with E-state index in [4.69, 9.17) is 5.11 Å². The summed E-state index contributed by atoms with van der Waals surface area (Å²) in [5.41, 5.74) is 0.639. The molecule has 0 aromatic heterocycles. The third-order valence-electron chi connectivity index (χ3n) is 2.57. The number of rotatable bonds is 5. The highest BCUT2D eigenvalue weighted by molar-refractivity contribution is 6.00. The van der Waals surface area contributed by atoms with Crippen LogP contribution in [0.1, 0.15) is 17.3 Å². The fraction of sp³-hybridized carbons (Fsp3) is 0.417. The Labute approximate surface area is 111 Å². The Morgan fingerprint density at radius 1 is 1.53 bits per heavy atom. The summed E-state index contributed by atoms with van der Waals surface area (Å²) in [4.78, 5) is 23.9. The number of hydrogen-bond acceptors (Lipinski definition) is 5. The van der Waals surface area contributed by atoms with E-state index >= 15 is 0 Å². The van der Waals surface area contributed by atoms with Crippen molar-refractivity contribution in [3.8, 4) is 0 Å². The number of nitrogens with zero attached hydrogens (tertiary/aromatic N) is 2. The van der Waals surface area contributed by atoms with E-state index in [9.17, 15) is 14.9 Å². The third kappa shape index (κ3) is 3.65. The number of carbonyl (C=O) groups excluding carboxylic acids is 1. The minimum absolute atomic E-state index is 0.146. The molecular formula is C12H17N3O4. The molecule has 7 nitrogen and oxygen atoms in total. The molecule has 0 aliphatic heterocycles. The second-order valence-corrected chi connectivity index (χ2v) is 4.41. The van der Waals surface area contributed by atoms with Gasteiger partial charge in [0.05, 0.1) is 17.1 Å². The molecule has 0 spiro atoms. The number of benzene rings is 1. The molecule has 0 aliphatic carbocycles. The van der Waals surface area contributed by atoms with Gasteiger partial charge in [-0.25, -0.2) is 0 Å². The minimum Gasteiger partial charge on any atom is -0.394 e. The van der Waals surface area contributed by atoms with Gasteiger partial charge in [0.15, 0.2) is 0 Å². The maximum atomic E-state index is 12.0. The Bertz CT molecular complexity index is 488. The summed E-state index contributed by atoms with van der Waals surface area (Å²) in [5.74, 6) is -0.450. The second-order valence-electron chi connectivity index (χ2n) is 4.41. The molecule has 0 aliphatic rings. The molecule has 0 heterocycles. The molecule has 1 aromatic carbocycles. The largest absolute Gasteiger partial charge is 0.394 e. The number of nitro benzene ring substituents is 1. The summed E-state index contributed by atoms with van der Waals surface area (Å²) in [6.07, 6.45) is 0. The number of amides is 1. The molecule has 1 unspecified atom stereocenters. The molecule has 0 saturated carbocycles. The van der Waals surface area contributed by atoms with E-state index < -0.39 is 16.9 Å². The maximum Gasteiger partial charge on any atom is 0.270 e. The molecule has 0 bridgehead atoms. The van der Waals surface area contributed by atoms with Crippen LogP contribution in [0, 0.1) is 10.1 Å². The zero-order valence-corrected chi connectivity index (χ0v) is 11.1. The third-order valence-corrected chi connectivity index (χ3v) is 2.57. The Morgan fingerprint density at radius 3 is 2.63 bits per heavy atom. The van der Waals surface area contributed by atoms with Crippen molar-refractivity contribution < 1.29 is 14.8 Å². The molecular weight excluding hydrogens is 250 g/mol.